The van der Waals surface area contributed by atoms with Crippen LogP contribution in [0.25, 0.3) is 0 Å². The quantitative estimate of drug-likeness (QED) is 0.421. The lowest BCUT2D eigenvalue weighted by Gasteiger charge is -2.21. The molecule has 1 aromatic carbocycles. The molecule has 0 radical (unpaired) electrons. The van der Waals surface area contributed by atoms with E-state index in [-0.39, 0.29) is 23.7 Å². The Balaban J connectivity index is 1.63. The molecule has 2 saturated carbocycles. The van der Waals surface area contributed by atoms with E-state index in [1.165, 1.54) is 51.0 Å². The van der Waals surface area contributed by atoms with Crippen molar-refractivity contribution in [1.82, 2.24) is 0 Å². The molecule has 2 aliphatic carbocycles. The van der Waals surface area contributed by atoms with Crippen LogP contribution in [-0.4, -0.2) is 19.6 Å². The van der Waals surface area contributed by atoms with Crippen LogP contribution in [0.15, 0.2) is 36.4 Å². The molecule has 2 fully saturated rings. The van der Waals surface area contributed by atoms with Crippen molar-refractivity contribution in [3.8, 4) is 17.2 Å². The molecule has 0 saturated heterocycles. The summed E-state index contributed by atoms with van der Waals surface area (Å²) in [7, 11) is 0. The Kier molecular flexibility index (Phi) is 7.51. The van der Waals surface area contributed by atoms with Crippen molar-refractivity contribution < 1.29 is 27.4 Å². The zero-order chi connectivity index (χ0) is 20.7. The van der Waals surface area contributed by atoms with Crippen LogP contribution in [0.5, 0.6) is 17.2 Å². The molecule has 1 aromatic rings. The van der Waals surface area contributed by atoms with E-state index in [0.29, 0.717) is 24.2 Å². The third kappa shape index (κ3) is 6.72. The molecular weight excluding hydrogens is 381 g/mol. The van der Waals surface area contributed by atoms with Crippen LogP contribution in [0.2, 0.25) is 0 Å². The number of alkyl halides is 3. The first-order valence-corrected chi connectivity index (χ1v) is 10.4. The molecule has 0 amide bonds. The number of hydrogen-bond acceptors (Lipinski definition) is 3. The predicted octanol–water partition coefficient (Wildman–Crippen LogP) is 6.75. The molecule has 2 aliphatic rings. The number of rotatable bonds is 9. The second-order valence-electron chi connectivity index (χ2n) is 7.78. The highest BCUT2D eigenvalue weighted by atomic mass is 19.4. The topological polar surface area (TPSA) is 27.7 Å². The summed E-state index contributed by atoms with van der Waals surface area (Å²) in [5.41, 5.74) is 0.275. The van der Waals surface area contributed by atoms with E-state index >= 15 is 0 Å². The highest BCUT2D eigenvalue weighted by molar-refractivity contribution is 5.53. The van der Waals surface area contributed by atoms with E-state index in [0.717, 1.165) is 0 Å². The third-order valence-electron chi connectivity index (χ3n) is 5.57. The molecule has 0 bridgehead atoms. The summed E-state index contributed by atoms with van der Waals surface area (Å²) in [6.45, 7) is 2.07. The van der Waals surface area contributed by atoms with Gasteiger partial charge in [-0.3, -0.25) is 0 Å². The van der Waals surface area contributed by atoms with E-state index in [1.54, 1.807) is 13.0 Å². The van der Waals surface area contributed by atoms with Crippen LogP contribution in [-0.2, 0) is 0 Å². The van der Waals surface area contributed by atoms with Crippen molar-refractivity contribution in [2.24, 2.45) is 11.8 Å². The fourth-order valence-corrected chi connectivity index (χ4v) is 3.72. The van der Waals surface area contributed by atoms with E-state index in [2.05, 4.69) is 16.9 Å². The number of halogens is 3. The van der Waals surface area contributed by atoms with Gasteiger partial charge in [-0.2, -0.15) is 0 Å². The SMILES string of the molecule is Cc1c(OC/C=C/C2CCCC2)ccc(OC/C=C/C2CCC2)c1OC(F)(F)F. The summed E-state index contributed by atoms with van der Waals surface area (Å²) < 4.78 is 54.2. The van der Waals surface area contributed by atoms with Gasteiger partial charge in [-0.15, -0.1) is 13.2 Å². The maximum Gasteiger partial charge on any atom is 0.573 e. The molecule has 0 heterocycles. The van der Waals surface area contributed by atoms with Crippen LogP contribution >= 0.6 is 0 Å². The molecular formula is C23H29F3O3. The molecule has 0 atom stereocenters. The summed E-state index contributed by atoms with van der Waals surface area (Å²) >= 11 is 0. The van der Waals surface area contributed by atoms with Crippen LogP contribution < -0.4 is 14.2 Å². The minimum atomic E-state index is -4.80. The van der Waals surface area contributed by atoms with Gasteiger partial charge in [0.25, 0.3) is 0 Å². The summed E-state index contributed by atoms with van der Waals surface area (Å²) in [6, 6.07) is 3.11. The summed E-state index contributed by atoms with van der Waals surface area (Å²) in [6.07, 6.45) is 11.7. The molecule has 0 N–H and O–H groups in total. The van der Waals surface area contributed by atoms with Crippen molar-refractivity contribution in [2.45, 2.75) is 58.2 Å². The van der Waals surface area contributed by atoms with Gasteiger partial charge in [0.2, 0.25) is 0 Å². The molecule has 0 unspecified atom stereocenters. The standard InChI is InChI=1S/C23H29F3O3/c1-17-20(27-15-5-11-18-7-2-3-8-18)13-14-21(22(17)29-23(24,25)26)28-16-6-12-19-9-4-10-19/h5-6,11-14,18-19H,2-4,7-10,15-16H2,1H3/b11-5+,12-6+. The lowest BCUT2D eigenvalue weighted by atomic mass is 9.85. The van der Waals surface area contributed by atoms with Crippen molar-refractivity contribution in [3.63, 3.8) is 0 Å². The lowest BCUT2D eigenvalue weighted by Crippen LogP contribution is -2.19. The van der Waals surface area contributed by atoms with Gasteiger partial charge in [0.15, 0.2) is 11.5 Å². The average Bonchev–Trinajstić information content (AvgIpc) is 3.13. The van der Waals surface area contributed by atoms with Gasteiger partial charge in [-0.05, 0) is 56.6 Å². The zero-order valence-electron chi connectivity index (χ0n) is 16.8. The van der Waals surface area contributed by atoms with Crippen molar-refractivity contribution in [2.75, 3.05) is 13.2 Å². The third-order valence-corrected chi connectivity index (χ3v) is 5.57. The molecule has 160 valence electrons. The van der Waals surface area contributed by atoms with E-state index in [1.807, 2.05) is 12.2 Å². The molecule has 0 aromatic heterocycles. The van der Waals surface area contributed by atoms with Crippen molar-refractivity contribution in [1.29, 1.82) is 0 Å². The maximum absolute atomic E-state index is 12.9. The molecule has 6 heteroatoms. The Labute approximate surface area is 170 Å². The maximum atomic E-state index is 12.9. The number of ether oxygens (including phenoxy) is 3. The minimum Gasteiger partial charge on any atom is -0.489 e. The van der Waals surface area contributed by atoms with Gasteiger partial charge >= 0.3 is 6.36 Å². The first-order valence-electron chi connectivity index (χ1n) is 10.4. The Morgan fingerprint density at radius 2 is 1.38 bits per heavy atom. The van der Waals surface area contributed by atoms with E-state index in [9.17, 15) is 13.2 Å². The highest BCUT2D eigenvalue weighted by Crippen LogP contribution is 2.40. The fraction of sp³-hybridized carbons (Fsp3) is 0.565. The highest BCUT2D eigenvalue weighted by Gasteiger charge is 2.34. The van der Waals surface area contributed by atoms with Gasteiger partial charge in [-0.25, -0.2) is 0 Å². The monoisotopic (exact) mass is 410 g/mol. The summed E-state index contributed by atoms with van der Waals surface area (Å²) in [5, 5.41) is 0. The predicted molar refractivity (Wildman–Crippen MR) is 106 cm³/mol. The van der Waals surface area contributed by atoms with Crippen LogP contribution in [0, 0.1) is 18.8 Å². The average molecular weight is 410 g/mol. The number of hydrogen-bond donors (Lipinski definition) is 0. The van der Waals surface area contributed by atoms with Gasteiger partial charge in [0.05, 0.1) is 0 Å². The largest absolute Gasteiger partial charge is 0.573 e. The zero-order valence-corrected chi connectivity index (χ0v) is 16.8. The lowest BCUT2D eigenvalue weighted by molar-refractivity contribution is -0.275. The van der Waals surface area contributed by atoms with Gasteiger partial charge in [0, 0.05) is 5.56 Å². The Bertz CT molecular complexity index is 715. The second kappa shape index (κ2) is 10.1. The summed E-state index contributed by atoms with van der Waals surface area (Å²) in [5.74, 6) is 1.24. The minimum absolute atomic E-state index is 0.0620. The molecule has 29 heavy (non-hydrogen) atoms. The van der Waals surface area contributed by atoms with Crippen LogP contribution in [0.3, 0.4) is 0 Å². The van der Waals surface area contributed by atoms with Gasteiger partial charge < -0.3 is 14.2 Å². The number of benzene rings is 1. The van der Waals surface area contributed by atoms with Gasteiger partial charge in [-0.1, -0.05) is 43.6 Å². The van der Waals surface area contributed by atoms with E-state index in [4.69, 9.17) is 9.47 Å². The van der Waals surface area contributed by atoms with Gasteiger partial charge in [0.1, 0.15) is 19.0 Å². The van der Waals surface area contributed by atoms with Crippen LogP contribution in [0.4, 0.5) is 13.2 Å². The molecule has 3 nitrogen and oxygen atoms in total. The first-order chi connectivity index (χ1) is 13.9. The fourth-order valence-electron chi connectivity index (χ4n) is 3.72. The van der Waals surface area contributed by atoms with Crippen molar-refractivity contribution in [3.05, 3.63) is 42.0 Å². The number of allylic oxidation sites excluding steroid dienone is 2. The smallest absolute Gasteiger partial charge is 0.489 e. The Morgan fingerprint density at radius 1 is 0.862 bits per heavy atom. The summed E-state index contributed by atoms with van der Waals surface area (Å²) in [4.78, 5) is 0. The van der Waals surface area contributed by atoms with Crippen molar-refractivity contribution >= 4 is 0 Å². The normalized spacial score (nSPS) is 18.5. The van der Waals surface area contributed by atoms with Crippen LogP contribution in [0.1, 0.15) is 50.5 Å². The molecule has 3 rings (SSSR count). The second-order valence-corrected chi connectivity index (χ2v) is 7.78. The first kappa shape index (κ1) is 21.6. The Hall–Kier alpha value is -2.11. The van der Waals surface area contributed by atoms with E-state index < -0.39 is 6.36 Å². The molecule has 0 spiro atoms. The molecule has 0 aliphatic heterocycles. The Morgan fingerprint density at radius 3 is 1.90 bits per heavy atom.